The van der Waals surface area contributed by atoms with Gasteiger partial charge < -0.3 is 15.4 Å². The van der Waals surface area contributed by atoms with E-state index in [0.29, 0.717) is 29.1 Å². The second-order valence-corrected chi connectivity index (χ2v) is 7.51. The second kappa shape index (κ2) is 9.20. The molecule has 4 aromatic rings. The zero-order valence-electron chi connectivity index (χ0n) is 16.3. The molecule has 152 valence electrons. The van der Waals surface area contributed by atoms with Crippen molar-refractivity contribution in [2.75, 3.05) is 17.7 Å². The van der Waals surface area contributed by atoms with E-state index in [-0.39, 0.29) is 0 Å². The average Bonchev–Trinajstić information content (AvgIpc) is 2.77. The van der Waals surface area contributed by atoms with Crippen molar-refractivity contribution in [3.05, 3.63) is 87.9 Å². The molecule has 0 aliphatic carbocycles. The number of para-hydroxylation sites is 2. The minimum Gasteiger partial charge on any atom is -0.496 e. The number of hydrogen-bond acceptors (Lipinski definition) is 5. The fourth-order valence-electron chi connectivity index (χ4n) is 3.16. The van der Waals surface area contributed by atoms with Gasteiger partial charge in [0, 0.05) is 34.1 Å². The summed E-state index contributed by atoms with van der Waals surface area (Å²) in [6.07, 6.45) is 0. The van der Waals surface area contributed by atoms with Crippen LogP contribution in [-0.2, 0) is 13.1 Å². The Morgan fingerprint density at radius 3 is 2.43 bits per heavy atom. The van der Waals surface area contributed by atoms with E-state index in [1.807, 2.05) is 60.7 Å². The Morgan fingerprint density at radius 2 is 1.60 bits per heavy atom. The molecule has 0 radical (unpaired) electrons. The van der Waals surface area contributed by atoms with E-state index in [9.17, 15) is 0 Å². The molecular formula is C23H20Cl2N4O. The Labute approximate surface area is 185 Å². The van der Waals surface area contributed by atoms with Gasteiger partial charge in [0.2, 0.25) is 5.95 Å². The summed E-state index contributed by atoms with van der Waals surface area (Å²) in [7, 11) is 1.67. The van der Waals surface area contributed by atoms with Crippen molar-refractivity contribution >= 4 is 45.9 Å². The Hall–Kier alpha value is -3.02. The lowest BCUT2D eigenvalue weighted by Gasteiger charge is -2.14. The summed E-state index contributed by atoms with van der Waals surface area (Å²) in [5, 5.41) is 8.84. The number of aromatic nitrogens is 2. The minimum atomic E-state index is 0.486. The van der Waals surface area contributed by atoms with Crippen molar-refractivity contribution in [1.29, 1.82) is 0 Å². The van der Waals surface area contributed by atoms with Crippen LogP contribution in [0.4, 0.5) is 11.8 Å². The van der Waals surface area contributed by atoms with E-state index < -0.39 is 0 Å². The van der Waals surface area contributed by atoms with Crippen molar-refractivity contribution < 1.29 is 4.74 Å². The first-order valence-corrected chi connectivity index (χ1v) is 10.2. The predicted molar refractivity (Wildman–Crippen MR) is 124 cm³/mol. The first kappa shape index (κ1) is 20.3. The van der Waals surface area contributed by atoms with Gasteiger partial charge in [0.1, 0.15) is 11.6 Å². The maximum absolute atomic E-state index is 6.28. The van der Waals surface area contributed by atoms with Gasteiger partial charge in [-0.1, -0.05) is 59.6 Å². The van der Waals surface area contributed by atoms with Gasteiger partial charge in [-0.25, -0.2) is 4.98 Å². The highest BCUT2D eigenvalue weighted by Crippen LogP contribution is 2.26. The molecule has 7 heteroatoms. The maximum Gasteiger partial charge on any atom is 0.225 e. The molecule has 30 heavy (non-hydrogen) atoms. The Balaban J connectivity index is 1.59. The van der Waals surface area contributed by atoms with E-state index in [1.165, 1.54) is 0 Å². The summed E-state index contributed by atoms with van der Waals surface area (Å²) in [4.78, 5) is 9.32. The van der Waals surface area contributed by atoms with Gasteiger partial charge in [0.05, 0.1) is 12.6 Å². The summed E-state index contributed by atoms with van der Waals surface area (Å²) in [6, 6.07) is 21.2. The molecule has 0 fully saturated rings. The smallest absolute Gasteiger partial charge is 0.225 e. The van der Waals surface area contributed by atoms with Crippen LogP contribution in [0.25, 0.3) is 10.9 Å². The monoisotopic (exact) mass is 438 g/mol. The van der Waals surface area contributed by atoms with Crippen LogP contribution in [0.2, 0.25) is 10.0 Å². The van der Waals surface area contributed by atoms with Gasteiger partial charge in [-0.2, -0.15) is 4.98 Å². The van der Waals surface area contributed by atoms with Gasteiger partial charge in [-0.05, 0) is 35.9 Å². The van der Waals surface area contributed by atoms with E-state index in [0.717, 1.165) is 33.6 Å². The average molecular weight is 439 g/mol. The summed E-state index contributed by atoms with van der Waals surface area (Å²) < 4.78 is 5.45. The number of hydrogen-bond donors (Lipinski definition) is 2. The standard InChI is InChI=1S/C23H20Cl2N4O/c1-30-21-9-5-2-6-16(21)14-26-22-18-7-3-4-8-20(18)28-23(29-22)27-13-15-10-11-17(24)12-19(15)25/h2-12H,13-14H2,1H3,(H2,26,27,28,29). The predicted octanol–water partition coefficient (Wildman–Crippen LogP) is 6.17. The molecular weight excluding hydrogens is 419 g/mol. The number of ether oxygens (including phenoxy) is 1. The molecule has 0 saturated heterocycles. The Kier molecular flexibility index (Phi) is 6.21. The number of methoxy groups -OCH3 is 1. The van der Waals surface area contributed by atoms with E-state index >= 15 is 0 Å². The maximum atomic E-state index is 6.28. The van der Waals surface area contributed by atoms with Crippen molar-refractivity contribution in [1.82, 2.24) is 9.97 Å². The van der Waals surface area contributed by atoms with Crippen LogP contribution < -0.4 is 15.4 Å². The molecule has 4 rings (SSSR count). The molecule has 0 saturated carbocycles. The number of fused-ring (bicyclic) bond motifs is 1. The number of benzene rings is 3. The lowest BCUT2D eigenvalue weighted by atomic mass is 10.2. The third-order valence-electron chi connectivity index (χ3n) is 4.69. The zero-order chi connectivity index (χ0) is 20.9. The molecule has 0 amide bonds. The summed E-state index contributed by atoms with van der Waals surface area (Å²) in [6.45, 7) is 1.06. The topological polar surface area (TPSA) is 59.1 Å². The van der Waals surface area contributed by atoms with E-state index in [2.05, 4.69) is 15.6 Å². The number of halogens is 2. The number of rotatable bonds is 7. The molecule has 0 bridgehead atoms. The SMILES string of the molecule is COc1ccccc1CNc1nc(NCc2ccc(Cl)cc2Cl)nc2ccccc12. The molecule has 1 heterocycles. The highest BCUT2D eigenvalue weighted by molar-refractivity contribution is 6.35. The third-order valence-corrected chi connectivity index (χ3v) is 5.28. The van der Waals surface area contributed by atoms with Gasteiger partial charge in [-0.3, -0.25) is 0 Å². The molecule has 0 atom stereocenters. The molecule has 0 aliphatic heterocycles. The first-order valence-electron chi connectivity index (χ1n) is 9.44. The first-order chi connectivity index (χ1) is 14.6. The normalized spacial score (nSPS) is 10.8. The lowest BCUT2D eigenvalue weighted by molar-refractivity contribution is 0.410. The highest BCUT2D eigenvalue weighted by atomic mass is 35.5. The highest BCUT2D eigenvalue weighted by Gasteiger charge is 2.10. The molecule has 3 aromatic carbocycles. The molecule has 5 nitrogen and oxygen atoms in total. The Morgan fingerprint density at radius 1 is 0.833 bits per heavy atom. The zero-order valence-corrected chi connectivity index (χ0v) is 17.8. The summed E-state index contributed by atoms with van der Waals surface area (Å²) in [5.41, 5.74) is 2.81. The molecule has 0 aliphatic rings. The molecule has 0 unspecified atom stereocenters. The number of anilines is 2. The Bertz CT molecular complexity index is 1180. The lowest BCUT2D eigenvalue weighted by Crippen LogP contribution is -2.08. The van der Waals surface area contributed by atoms with Crippen molar-refractivity contribution in [2.24, 2.45) is 0 Å². The van der Waals surface area contributed by atoms with E-state index in [4.69, 9.17) is 32.9 Å². The van der Waals surface area contributed by atoms with Crippen LogP contribution in [0.1, 0.15) is 11.1 Å². The van der Waals surface area contributed by atoms with Crippen LogP contribution in [-0.4, -0.2) is 17.1 Å². The fraction of sp³-hybridized carbons (Fsp3) is 0.130. The largest absolute Gasteiger partial charge is 0.496 e. The van der Waals surface area contributed by atoms with Gasteiger partial charge in [0.15, 0.2) is 0 Å². The van der Waals surface area contributed by atoms with Gasteiger partial charge >= 0.3 is 0 Å². The fourth-order valence-corrected chi connectivity index (χ4v) is 3.63. The molecule has 1 aromatic heterocycles. The second-order valence-electron chi connectivity index (χ2n) is 6.67. The molecule has 2 N–H and O–H groups in total. The van der Waals surface area contributed by atoms with Crippen molar-refractivity contribution in [2.45, 2.75) is 13.1 Å². The van der Waals surface area contributed by atoms with Crippen LogP contribution in [0.15, 0.2) is 66.7 Å². The number of nitrogens with zero attached hydrogens (tertiary/aromatic N) is 2. The van der Waals surface area contributed by atoms with Gasteiger partial charge in [-0.15, -0.1) is 0 Å². The van der Waals surface area contributed by atoms with Crippen LogP contribution in [0.5, 0.6) is 5.75 Å². The van der Waals surface area contributed by atoms with Crippen LogP contribution >= 0.6 is 23.2 Å². The third kappa shape index (κ3) is 4.58. The number of nitrogens with one attached hydrogen (secondary N) is 2. The van der Waals surface area contributed by atoms with Gasteiger partial charge in [0.25, 0.3) is 0 Å². The summed E-state index contributed by atoms with van der Waals surface area (Å²) in [5.74, 6) is 2.09. The van der Waals surface area contributed by atoms with E-state index in [1.54, 1.807) is 13.2 Å². The van der Waals surface area contributed by atoms with Crippen molar-refractivity contribution in [3.63, 3.8) is 0 Å². The van der Waals surface area contributed by atoms with Crippen LogP contribution in [0.3, 0.4) is 0 Å². The van der Waals surface area contributed by atoms with Crippen LogP contribution in [0, 0.1) is 0 Å². The quantitative estimate of drug-likeness (QED) is 0.361. The minimum absolute atomic E-state index is 0.486. The molecule has 0 spiro atoms. The van der Waals surface area contributed by atoms with Crippen molar-refractivity contribution in [3.8, 4) is 5.75 Å². The summed E-state index contributed by atoms with van der Waals surface area (Å²) >= 11 is 12.3.